The van der Waals surface area contributed by atoms with Crippen LogP contribution in [0, 0.1) is 12.8 Å². The van der Waals surface area contributed by atoms with Gasteiger partial charge < -0.3 is 10.4 Å². The van der Waals surface area contributed by atoms with Gasteiger partial charge in [0.2, 0.25) is 0 Å². The summed E-state index contributed by atoms with van der Waals surface area (Å²) in [5, 5.41) is 13.4. The van der Waals surface area contributed by atoms with Crippen LogP contribution in [0.1, 0.15) is 46.0 Å². The van der Waals surface area contributed by atoms with Gasteiger partial charge in [-0.15, -0.1) is 12.8 Å². The van der Waals surface area contributed by atoms with Crippen LogP contribution in [0.5, 0.6) is 0 Å². The number of aliphatic hydroxyl groups excluding tert-OH is 1. The van der Waals surface area contributed by atoms with Crippen LogP contribution in [-0.2, 0) is 0 Å². The fourth-order valence-corrected chi connectivity index (χ4v) is 2.00. The van der Waals surface area contributed by atoms with Gasteiger partial charge in [-0.2, -0.15) is 0 Å². The third kappa shape index (κ3) is 8.94. The minimum Gasteiger partial charge on any atom is -0.387 e. The zero-order chi connectivity index (χ0) is 15.9. The number of hydrogen-bond donors (Lipinski definition) is 2. The molecule has 0 spiro atoms. The van der Waals surface area contributed by atoms with Gasteiger partial charge in [-0.25, -0.2) is 0 Å². The highest BCUT2D eigenvalue weighted by molar-refractivity contribution is 5.27. The Kier molecular flexibility index (Phi) is 12.2. The normalized spacial score (nSPS) is 16.0. The summed E-state index contributed by atoms with van der Waals surface area (Å²) < 4.78 is 0. The molecule has 1 aliphatic carbocycles. The summed E-state index contributed by atoms with van der Waals surface area (Å²) in [6, 6.07) is 0. The monoisotopic (exact) mass is 287 g/mol. The van der Waals surface area contributed by atoms with Crippen molar-refractivity contribution < 1.29 is 5.11 Å². The average Bonchev–Trinajstić information content (AvgIpc) is 2.56. The van der Waals surface area contributed by atoms with Crippen molar-refractivity contribution in [3.05, 3.63) is 47.7 Å². The molecule has 0 aromatic carbocycles. The molecule has 1 aliphatic rings. The number of allylic oxidation sites excluding steroid dienone is 5. The van der Waals surface area contributed by atoms with E-state index in [2.05, 4.69) is 49.4 Å². The van der Waals surface area contributed by atoms with E-state index < -0.39 is 6.10 Å². The van der Waals surface area contributed by atoms with Crippen molar-refractivity contribution in [1.29, 1.82) is 0 Å². The van der Waals surface area contributed by atoms with E-state index in [-0.39, 0.29) is 0 Å². The van der Waals surface area contributed by atoms with Gasteiger partial charge in [-0.05, 0) is 37.8 Å². The van der Waals surface area contributed by atoms with Gasteiger partial charge in [0, 0.05) is 12.2 Å². The number of aliphatic hydroxyl groups is 1. The molecule has 0 radical (unpaired) electrons. The Hall–Kier alpha value is -1.72. The highest BCUT2D eigenvalue weighted by atomic mass is 16.3. The molecule has 1 unspecified atom stereocenters. The fourth-order valence-electron chi connectivity index (χ4n) is 2.00. The maximum Gasteiger partial charge on any atom is 0.0959 e. The lowest BCUT2D eigenvalue weighted by atomic mass is 10.0. The first-order valence-corrected chi connectivity index (χ1v) is 7.72. The first-order valence-electron chi connectivity index (χ1n) is 7.72. The topological polar surface area (TPSA) is 32.3 Å². The van der Waals surface area contributed by atoms with Gasteiger partial charge in [0.15, 0.2) is 0 Å². The van der Waals surface area contributed by atoms with Crippen molar-refractivity contribution in [1.82, 2.24) is 5.32 Å². The number of hydrogen-bond acceptors (Lipinski definition) is 2. The van der Waals surface area contributed by atoms with E-state index in [1.54, 1.807) is 0 Å². The van der Waals surface area contributed by atoms with Crippen LogP contribution in [0.4, 0.5) is 0 Å². The van der Waals surface area contributed by atoms with Crippen LogP contribution in [0.15, 0.2) is 47.7 Å². The van der Waals surface area contributed by atoms with Gasteiger partial charge in [0.25, 0.3) is 0 Å². The largest absolute Gasteiger partial charge is 0.387 e. The molecule has 1 atom stereocenters. The molecule has 0 aliphatic heterocycles. The Bertz CT molecular complexity index is 399. The third-order valence-corrected chi connectivity index (χ3v) is 3.24. The number of nitrogens with one attached hydrogen (secondary N) is 1. The molecule has 0 fully saturated rings. The van der Waals surface area contributed by atoms with E-state index in [0.717, 1.165) is 30.5 Å². The van der Waals surface area contributed by atoms with Crippen molar-refractivity contribution in [3.63, 3.8) is 0 Å². The highest BCUT2D eigenvalue weighted by Crippen LogP contribution is 2.13. The van der Waals surface area contributed by atoms with Crippen LogP contribution < -0.4 is 5.32 Å². The molecule has 116 valence electrons. The Labute approximate surface area is 130 Å². The highest BCUT2D eigenvalue weighted by Gasteiger charge is 2.09. The maximum absolute atomic E-state index is 10.1. The number of rotatable bonds is 8. The molecule has 2 heteroatoms. The SMILES string of the molecule is C#C.C/C=C(\C=C/CCCC)NCC(O)C1=CCCC=C1. The van der Waals surface area contributed by atoms with Crippen LogP contribution in [0.3, 0.4) is 0 Å². The third-order valence-electron chi connectivity index (χ3n) is 3.24. The molecule has 0 heterocycles. The summed E-state index contributed by atoms with van der Waals surface area (Å²) in [6.45, 7) is 4.77. The van der Waals surface area contributed by atoms with Crippen molar-refractivity contribution in [2.24, 2.45) is 0 Å². The first-order chi connectivity index (χ1) is 10.3. The van der Waals surface area contributed by atoms with Crippen LogP contribution in [0.2, 0.25) is 0 Å². The summed E-state index contributed by atoms with van der Waals surface area (Å²) >= 11 is 0. The summed E-state index contributed by atoms with van der Waals surface area (Å²) in [7, 11) is 0. The van der Waals surface area contributed by atoms with Crippen molar-refractivity contribution in [2.75, 3.05) is 6.54 Å². The second kappa shape index (κ2) is 13.3. The van der Waals surface area contributed by atoms with Crippen molar-refractivity contribution >= 4 is 0 Å². The number of terminal acetylenes is 1. The lowest BCUT2D eigenvalue weighted by Crippen LogP contribution is -2.27. The summed E-state index contributed by atoms with van der Waals surface area (Å²) in [5.41, 5.74) is 2.11. The lowest BCUT2D eigenvalue weighted by Gasteiger charge is -2.16. The predicted molar refractivity (Wildman–Crippen MR) is 92.8 cm³/mol. The predicted octanol–water partition coefficient (Wildman–Crippen LogP) is 4.11. The van der Waals surface area contributed by atoms with E-state index in [0.29, 0.717) is 6.54 Å². The van der Waals surface area contributed by atoms with E-state index >= 15 is 0 Å². The zero-order valence-electron chi connectivity index (χ0n) is 13.4. The zero-order valence-corrected chi connectivity index (χ0v) is 13.4. The molecule has 0 amide bonds. The Morgan fingerprint density at radius 3 is 2.76 bits per heavy atom. The molecule has 21 heavy (non-hydrogen) atoms. The molecule has 1 rings (SSSR count). The van der Waals surface area contributed by atoms with Gasteiger partial charge in [0.05, 0.1) is 6.10 Å². The summed E-state index contributed by atoms with van der Waals surface area (Å²) in [4.78, 5) is 0. The average molecular weight is 287 g/mol. The Morgan fingerprint density at radius 2 is 2.19 bits per heavy atom. The number of unbranched alkanes of at least 4 members (excludes halogenated alkanes) is 2. The van der Waals surface area contributed by atoms with E-state index in [9.17, 15) is 5.11 Å². The molecule has 0 aromatic heterocycles. The minimum absolute atomic E-state index is 0.421. The molecule has 2 nitrogen and oxygen atoms in total. The lowest BCUT2D eigenvalue weighted by molar-refractivity contribution is 0.214. The summed E-state index contributed by atoms with van der Waals surface area (Å²) in [6.07, 6.45) is 25.9. The maximum atomic E-state index is 10.1. The molecule has 0 saturated carbocycles. The second-order valence-corrected chi connectivity index (χ2v) is 4.87. The van der Waals surface area contributed by atoms with Gasteiger partial charge in [0.1, 0.15) is 0 Å². The molecule has 0 saturated heterocycles. The molecule has 2 N–H and O–H groups in total. The molecule has 0 bridgehead atoms. The van der Waals surface area contributed by atoms with E-state index in [1.807, 2.05) is 19.1 Å². The van der Waals surface area contributed by atoms with E-state index in [1.165, 1.54) is 12.8 Å². The smallest absolute Gasteiger partial charge is 0.0959 e. The molecular formula is C19H29NO. The van der Waals surface area contributed by atoms with Crippen LogP contribution >= 0.6 is 0 Å². The minimum atomic E-state index is -0.421. The Morgan fingerprint density at radius 1 is 1.43 bits per heavy atom. The Balaban J connectivity index is 0.00000191. The molecular weight excluding hydrogens is 258 g/mol. The first kappa shape index (κ1) is 19.3. The fraction of sp³-hybridized carbons (Fsp3) is 0.474. The standard InChI is InChI=1S/C17H27NO.C2H2/c1-3-5-6-10-13-16(4-2)18-14-17(19)15-11-8-7-9-12-15;1-2/h4,8,10-13,17-19H,3,5-7,9,14H2,1-2H3;1-2H/b13-10-,16-4+;. The van der Waals surface area contributed by atoms with Crippen molar-refractivity contribution in [3.8, 4) is 12.8 Å². The van der Waals surface area contributed by atoms with Crippen LogP contribution in [-0.4, -0.2) is 17.8 Å². The quantitative estimate of drug-likeness (QED) is 0.400. The molecule has 0 aromatic rings. The van der Waals surface area contributed by atoms with Gasteiger partial charge in [-0.1, -0.05) is 50.1 Å². The summed E-state index contributed by atoms with van der Waals surface area (Å²) in [5.74, 6) is 0. The second-order valence-electron chi connectivity index (χ2n) is 4.87. The van der Waals surface area contributed by atoms with E-state index in [4.69, 9.17) is 0 Å². The van der Waals surface area contributed by atoms with Crippen molar-refractivity contribution in [2.45, 2.75) is 52.1 Å². The van der Waals surface area contributed by atoms with Crippen LogP contribution in [0.25, 0.3) is 0 Å². The van der Waals surface area contributed by atoms with Gasteiger partial charge >= 0.3 is 0 Å². The van der Waals surface area contributed by atoms with Gasteiger partial charge in [-0.3, -0.25) is 0 Å².